The lowest BCUT2D eigenvalue weighted by atomic mass is 10.1. The summed E-state index contributed by atoms with van der Waals surface area (Å²) >= 11 is 1.58. The first-order valence-corrected chi connectivity index (χ1v) is 7.39. The summed E-state index contributed by atoms with van der Waals surface area (Å²) in [5, 5.41) is 30.3. The number of nitrogens with one attached hydrogen (secondary N) is 3. The summed E-state index contributed by atoms with van der Waals surface area (Å²) in [5.74, 6) is -4.49. The summed E-state index contributed by atoms with van der Waals surface area (Å²) in [6.07, 6.45) is -1.17. The van der Waals surface area contributed by atoms with Gasteiger partial charge in [-0.05, 0) is 12.8 Å². The van der Waals surface area contributed by atoms with Gasteiger partial charge in [-0.15, -0.1) is 0 Å². The normalized spacial score (nSPS) is 12.6. The Kier molecular flexibility index (Phi) is 9.60. The molecule has 0 spiro atoms. The SMILES string of the molecule is O=C(O)CC[C@H](NC(=O)N[C@@H](CCC(=O)NI)C(=O)O)C(=O)O. The number of carbonyl (C=O) groups is 5. The Labute approximate surface area is 144 Å². The quantitative estimate of drug-likeness (QED) is 0.189. The van der Waals surface area contributed by atoms with Crippen LogP contribution >= 0.6 is 22.9 Å². The van der Waals surface area contributed by atoms with Crippen LogP contribution in [0.3, 0.4) is 0 Å². The van der Waals surface area contributed by atoms with Crippen molar-refractivity contribution in [2.45, 2.75) is 37.8 Å². The van der Waals surface area contributed by atoms with Crippen molar-refractivity contribution < 1.29 is 39.3 Å². The third-order valence-electron chi connectivity index (χ3n) is 2.62. The summed E-state index contributed by atoms with van der Waals surface area (Å²) in [7, 11) is 0. The van der Waals surface area contributed by atoms with E-state index in [1.165, 1.54) is 0 Å². The van der Waals surface area contributed by atoms with Crippen LogP contribution in [0.2, 0.25) is 0 Å². The van der Waals surface area contributed by atoms with Gasteiger partial charge in [0.15, 0.2) is 0 Å². The Morgan fingerprint density at radius 3 is 1.61 bits per heavy atom. The van der Waals surface area contributed by atoms with Crippen molar-refractivity contribution >= 4 is 52.7 Å². The first-order chi connectivity index (χ1) is 10.7. The van der Waals surface area contributed by atoms with Gasteiger partial charge in [-0.1, -0.05) is 0 Å². The molecule has 23 heavy (non-hydrogen) atoms. The number of halogens is 1. The monoisotopic (exact) mass is 445 g/mol. The van der Waals surface area contributed by atoms with E-state index in [1.807, 2.05) is 10.6 Å². The zero-order chi connectivity index (χ0) is 18.0. The van der Waals surface area contributed by atoms with Crippen molar-refractivity contribution in [2.24, 2.45) is 0 Å². The van der Waals surface area contributed by atoms with Crippen molar-refractivity contribution in [3.05, 3.63) is 0 Å². The average Bonchev–Trinajstić information content (AvgIpc) is 2.46. The number of amides is 3. The van der Waals surface area contributed by atoms with E-state index in [2.05, 4.69) is 3.53 Å². The largest absolute Gasteiger partial charge is 0.481 e. The smallest absolute Gasteiger partial charge is 0.326 e. The first kappa shape index (κ1) is 20.9. The van der Waals surface area contributed by atoms with E-state index in [9.17, 15) is 24.0 Å². The summed E-state index contributed by atoms with van der Waals surface area (Å²) in [6, 6.07) is -3.94. The van der Waals surface area contributed by atoms with E-state index in [-0.39, 0.29) is 19.3 Å². The lowest BCUT2D eigenvalue weighted by Crippen LogP contribution is -2.51. The van der Waals surface area contributed by atoms with E-state index in [4.69, 9.17) is 15.3 Å². The minimum atomic E-state index is -1.47. The molecule has 0 rings (SSSR count). The highest BCUT2D eigenvalue weighted by Gasteiger charge is 2.25. The van der Waals surface area contributed by atoms with Gasteiger partial charge in [0.2, 0.25) is 5.91 Å². The molecule has 0 aromatic rings. The molecule has 0 aliphatic heterocycles. The highest BCUT2D eigenvalue weighted by Crippen LogP contribution is 2.01. The molecule has 3 amide bonds. The third-order valence-corrected chi connectivity index (χ3v) is 3.22. The Morgan fingerprint density at radius 1 is 0.826 bits per heavy atom. The van der Waals surface area contributed by atoms with Crippen LogP contribution in [0, 0.1) is 0 Å². The Bertz CT molecular complexity index is 484. The number of carbonyl (C=O) groups excluding carboxylic acids is 2. The van der Waals surface area contributed by atoms with Crippen LogP contribution in [-0.4, -0.2) is 57.2 Å². The molecule has 2 atom stereocenters. The van der Waals surface area contributed by atoms with Gasteiger partial charge in [-0.25, -0.2) is 14.4 Å². The van der Waals surface area contributed by atoms with Gasteiger partial charge in [0.05, 0.1) is 22.9 Å². The highest BCUT2D eigenvalue weighted by molar-refractivity contribution is 14.1. The number of hydrogen-bond donors (Lipinski definition) is 6. The molecule has 0 aromatic heterocycles. The van der Waals surface area contributed by atoms with E-state index in [0.717, 1.165) is 0 Å². The van der Waals surface area contributed by atoms with Gasteiger partial charge in [-0.3, -0.25) is 13.1 Å². The van der Waals surface area contributed by atoms with Crippen LogP contribution in [0.15, 0.2) is 0 Å². The number of carboxylic acids is 3. The minimum Gasteiger partial charge on any atom is -0.481 e. The van der Waals surface area contributed by atoms with Crippen molar-refractivity contribution in [3.8, 4) is 0 Å². The summed E-state index contributed by atoms with van der Waals surface area (Å²) in [4.78, 5) is 55.0. The van der Waals surface area contributed by atoms with E-state index >= 15 is 0 Å². The molecule has 0 saturated heterocycles. The van der Waals surface area contributed by atoms with Gasteiger partial charge < -0.3 is 26.0 Å². The standard InChI is InChI=1S/C11H16IN3O8/c12-15-7(16)3-1-5(9(19)20)13-11(23)14-6(10(21)22)2-4-8(17)18/h5-6H,1-4H2,(H,15,16)(H,17,18)(H,19,20)(H,21,22)(H2,13,14,23)/t5-,6-/m0/s1. The second kappa shape index (κ2) is 10.6. The fourth-order valence-electron chi connectivity index (χ4n) is 1.46. The van der Waals surface area contributed by atoms with Gasteiger partial charge in [0.1, 0.15) is 12.1 Å². The molecule has 0 aliphatic carbocycles. The molecule has 6 N–H and O–H groups in total. The van der Waals surface area contributed by atoms with Crippen LogP contribution in [0.5, 0.6) is 0 Å². The molecule has 0 unspecified atom stereocenters. The van der Waals surface area contributed by atoms with Crippen molar-refractivity contribution in [1.82, 2.24) is 14.2 Å². The number of hydrogen-bond acceptors (Lipinski definition) is 5. The van der Waals surface area contributed by atoms with Gasteiger partial charge in [-0.2, -0.15) is 0 Å². The molecule has 0 heterocycles. The van der Waals surface area contributed by atoms with Crippen LogP contribution < -0.4 is 14.2 Å². The van der Waals surface area contributed by atoms with Gasteiger partial charge in [0.25, 0.3) is 0 Å². The van der Waals surface area contributed by atoms with E-state index < -0.39 is 48.4 Å². The maximum atomic E-state index is 11.6. The number of aliphatic carboxylic acids is 3. The Hall–Kier alpha value is -2.12. The second-order valence-corrected chi connectivity index (χ2v) is 4.93. The van der Waals surface area contributed by atoms with E-state index in [0.29, 0.717) is 0 Å². The van der Waals surface area contributed by atoms with Crippen LogP contribution in [0.25, 0.3) is 0 Å². The molecule has 12 heteroatoms. The third kappa shape index (κ3) is 9.49. The molecular weight excluding hydrogens is 429 g/mol. The average molecular weight is 445 g/mol. The predicted octanol–water partition coefficient (Wildman–Crippen LogP) is -0.697. The molecule has 130 valence electrons. The van der Waals surface area contributed by atoms with E-state index in [1.54, 1.807) is 22.9 Å². The number of rotatable bonds is 10. The maximum absolute atomic E-state index is 11.6. The number of carboxylic acid groups (broad SMARTS) is 3. The molecule has 0 aliphatic rings. The van der Waals surface area contributed by atoms with Crippen LogP contribution in [-0.2, 0) is 19.2 Å². The lowest BCUT2D eigenvalue weighted by Gasteiger charge is -2.18. The molecule has 0 bridgehead atoms. The van der Waals surface area contributed by atoms with Gasteiger partial charge in [0, 0.05) is 12.8 Å². The van der Waals surface area contributed by atoms with Gasteiger partial charge >= 0.3 is 23.9 Å². The zero-order valence-electron chi connectivity index (χ0n) is 11.7. The first-order valence-electron chi connectivity index (χ1n) is 6.31. The molecule has 0 saturated carbocycles. The fraction of sp³-hybridized carbons (Fsp3) is 0.545. The summed E-state index contributed by atoms with van der Waals surface area (Å²) < 4.78 is 2.26. The minimum absolute atomic E-state index is 0.151. The molecule has 0 aromatic carbocycles. The maximum Gasteiger partial charge on any atom is 0.326 e. The number of urea groups is 1. The predicted molar refractivity (Wildman–Crippen MR) is 82.8 cm³/mol. The Morgan fingerprint density at radius 2 is 1.26 bits per heavy atom. The zero-order valence-corrected chi connectivity index (χ0v) is 13.9. The molecule has 0 fully saturated rings. The van der Waals surface area contributed by atoms with Crippen LogP contribution in [0.1, 0.15) is 25.7 Å². The highest BCUT2D eigenvalue weighted by atomic mass is 127. The lowest BCUT2D eigenvalue weighted by molar-refractivity contribution is -0.141. The van der Waals surface area contributed by atoms with Crippen LogP contribution in [0.4, 0.5) is 4.79 Å². The Balaban J connectivity index is 4.59. The second-order valence-electron chi connectivity index (χ2n) is 4.39. The van der Waals surface area contributed by atoms with Crippen molar-refractivity contribution in [3.63, 3.8) is 0 Å². The molecule has 0 radical (unpaired) electrons. The summed E-state index contributed by atoms with van der Waals surface area (Å²) in [5.41, 5.74) is 0. The molecule has 11 nitrogen and oxygen atoms in total. The fourth-order valence-corrected chi connectivity index (χ4v) is 1.73. The van der Waals surface area contributed by atoms with Crippen molar-refractivity contribution in [1.29, 1.82) is 0 Å². The topological polar surface area (TPSA) is 182 Å². The van der Waals surface area contributed by atoms with Crippen molar-refractivity contribution in [2.75, 3.05) is 0 Å². The summed E-state index contributed by atoms with van der Waals surface area (Å²) in [6.45, 7) is 0. The molecular formula is C11H16IN3O8.